The molecular formula is C20H23ClN2O2. The Morgan fingerprint density at radius 3 is 2.36 bits per heavy atom. The van der Waals surface area contributed by atoms with Gasteiger partial charge in [0, 0.05) is 31.5 Å². The summed E-state index contributed by atoms with van der Waals surface area (Å²) in [7, 11) is 0. The molecule has 2 amide bonds. The van der Waals surface area contributed by atoms with Crippen LogP contribution in [-0.4, -0.2) is 23.3 Å². The summed E-state index contributed by atoms with van der Waals surface area (Å²) in [6.07, 6.45) is 0.251. The Hall–Kier alpha value is -2.33. The van der Waals surface area contributed by atoms with Gasteiger partial charge in [-0.2, -0.15) is 0 Å². The van der Waals surface area contributed by atoms with Crippen molar-refractivity contribution in [2.45, 2.75) is 32.9 Å². The number of benzene rings is 2. The molecule has 0 spiro atoms. The van der Waals surface area contributed by atoms with Crippen molar-refractivity contribution in [3.05, 3.63) is 70.7 Å². The van der Waals surface area contributed by atoms with E-state index in [0.29, 0.717) is 18.1 Å². The van der Waals surface area contributed by atoms with E-state index in [1.165, 1.54) is 6.92 Å². The van der Waals surface area contributed by atoms with Gasteiger partial charge in [-0.1, -0.05) is 60.1 Å². The zero-order chi connectivity index (χ0) is 18.2. The highest BCUT2D eigenvalue weighted by Crippen LogP contribution is 2.17. The molecule has 0 fully saturated rings. The van der Waals surface area contributed by atoms with Crippen LogP contribution >= 0.6 is 11.6 Å². The first-order valence-corrected chi connectivity index (χ1v) is 8.68. The third-order valence-corrected chi connectivity index (χ3v) is 4.42. The third-order valence-electron chi connectivity index (χ3n) is 4.05. The molecule has 1 atom stereocenters. The highest BCUT2D eigenvalue weighted by Gasteiger charge is 2.15. The Morgan fingerprint density at radius 1 is 1.08 bits per heavy atom. The van der Waals surface area contributed by atoms with Crippen molar-refractivity contribution in [2.75, 3.05) is 6.54 Å². The number of halogens is 1. The van der Waals surface area contributed by atoms with Crippen LogP contribution in [0.3, 0.4) is 0 Å². The fraction of sp³-hybridized carbons (Fsp3) is 0.300. The molecule has 0 heterocycles. The number of carbonyl (C=O) groups is 2. The van der Waals surface area contributed by atoms with Crippen molar-refractivity contribution < 1.29 is 9.59 Å². The van der Waals surface area contributed by atoms with E-state index in [-0.39, 0.29) is 24.3 Å². The average molecular weight is 359 g/mol. The lowest BCUT2D eigenvalue weighted by Gasteiger charge is -2.22. The minimum absolute atomic E-state index is 0.0666. The molecule has 0 bridgehead atoms. The Bertz CT molecular complexity index is 719. The minimum atomic E-state index is -0.0817. The largest absolute Gasteiger partial charge is 0.350 e. The number of amides is 2. The Balaban J connectivity index is 1.89. The monoisotopic (exact) mass is 358 g/mol. The molecule has 0 aliphatic rings. The first-order valence-electron chi connectivity index (χ1n) is 8.30. The number of carbonyl (C=O) groups excluding carboxylic acids is 2. The van der Waals surface area contributed by atoms with Crippen LogP contribution in [0.5, 0.6) is 0 Å². The van der Waals surface area contributed by atoms with Crippen molar-refractivity contribution in [3.63, 3.8) is 0 Å². The van der Waals surface area contributed by atoms with E-state index in [4.69, 9.17) is 11.6 Å². The molecule has 0 aliphatic heterocycles. The Labute approximate surface area is 153 Å². The van der Waals surface area contributed by atoms with E-state index in [1.54, 1.807) is 11.0 Å². The summed E-state index contributed by atoms with van der Waals surface area (Å²) in [5.41, 5.74) is 1.92. The molecule has 25 heavy (non-hydrogen) atoms. The topological polar surface area (TPSA) is 49.4 Å². The van der Waals surface area contributed by atoms with Gasteiger partial charge >= 0.3 is 0 Å². The SMILES string of the molecule is CC(=O)N(CCC(=O)NC(C)c1ccccc1)Cc1ccccc1Cl. The maximum Gasteiger partial charge on any atom is 0.222 e. The molecule has 0 aromatic heterocycles. The van der Waals surface area contributed by atoms with Crippen molar-refractivity contribution in [3.8, 4) is 0 Å². The van der Waals surface area contributed by atoms with Gasteiger partial charge in [0.25, 0.3) is 0 Å². The normalized spacial score (nSPS) is 11.6. The predicted molar refractivity (Wildman–Crippen MR) is 100 cm³/mol. The second-order valence-electron chi connectivity index (χ2n) is 5.98. The molecule has 2 rings (SSSR count). The van der Waals surface area contributed by atoms with Gasteiger partial charge in [-0.05, 0) is 24.1 Å². The molecular weight excluding hydrogens is 336 g/mol. The standard InChI is InChI=1S/C20H23ClN2O2/c1-15(17-8-4-3-5-9-17)22-20(25)12-13-23(16(2)24)14-18-10-6-7-11-19(18)21/h3-11,15H,12-14H2,1-2H3,(H,22,25). The van der Waals surface area contributed by atoms with Crippen LogP contribution in [0.15, 0.2) is 54.6 Å². The molecule has 132 valence electrons. The third kappa shape index (κ3) is 5.91. The molecule has 2 aromatic rings. The van der Waals surface area contributed by atoms with Crippen LogP contribution in [0.25, 0.3) is 0 Å². The summed E-state index contributed by atoms with van der Waals surface area (Å²) in [6.45, 7) is 4.20. The first kappa shape index (κ1) is 19.0. The van der Waals surface area contributed by atoms with Crippen molar-refractivity contribution in [2.24, 2.45) is 0 Å². The van der Waals surface area contributed by atoms with E-state index >= 15 is 0 Å². The Kier molecular flexibility index (Phi) is 7.02. The quantitative estimate of drug-likeness (QED) is 0.814. The van der Waals surface area contributed by atoms with Crippen LogP contribution < -0.4 is 5.32 Å². The molecule has 0 saturated carbocycles. The van der Waals surface area contributed by atoms with Crippen LogP contribution in [0, 0.1) is 0 Å². The van der Waals surface area contributed by atoms with E-state index in [0.717, 1.165) is 11.1 Å². The maximum absolute atomic E-state index is 12.2. The Morgan fingerprint density at radius 2 is 1.72 bits per heavy atom. The summed E-state index contributed by atoms with van der Waals surface area (Å²) in [4.78, 5) is 25.7. The average Bonchev–Trinajstić information content (AvgIpc) is 2.60. The van der Waals surface area contributed by atoms with E-state index in [2.05, 4.69) is 5.32 Å². The molecule has 0 aliphatic carbocycles. The highest BCUT2D eigenvalue weighted by atomic mass is 35.5. The van der Waals surface area contributed by atoms with Gasteiger partial charge in [-0.15, -0.1) is 0 Å². The lowest BCUT2D eigenvalue weighted by atomic mass is 10.1. The van der Waals surface area contributed by atoms with Gasteiger partial charge in [-0.3, -0.25) is 9.59 Å². The predicted octanol–water partition coefficient (Wildman–Crippen LogP) is 3.96. The molecule has 4 nitrogen and oxygen atoms in total. The van der Waals surface area contributed by atoms with Gasteiger partial charge in [0.15, 0.2) is 0 Å². The number of hydrogen-bond donors (Lipinski definition) is 1. The number of hydrogen-bond acceptors (Lipinski definition) is 2. The molecule has 1 unspecified atom stereocenters. The van der Waals surface area contributed by atoms with Crippen molar-refractivity contribution >= 4 is 23.4 Å². The summed E-state index contributed by atoms with van der Waals surface area (Å²) >= 11 is 6.16. The van der Waals surface area contributed by atoms with Crippen LogP contribution in [-0.2, 0) is 16.1 Å². The van der Waals surface area contributed by atoms with Crippen LogP contribution in [0.4, 0.5) is 0 Å². The minimum Gasteiger partial charge on any atom is -0.350 e. The van der Waals surface area contributed by atoms with E-state index in [9.17, 15) is 9.59 Å². The zero-order valence-corrected chi connectivity index (χ0v) is 15.3. The molecule has 0 radical (unpaired) electrons. The molecule has 5 heteroatoms. The molecule has 0 saturated heterocycles. The van der Waals surface area contributed by atoms with Gasteiger partial charge < -0.3 is 10.2 Å². The van der Waals surface area contributed by atoms with Gasteiger partial charge in [0.2, 0.25) is 11.8 Å². The van der Waals surface area contributed by atoms with E-state index in [1.807, 2.05) is 55.5 Å². The van der Waals surface area contributed by atoms with Gasteiger partial charge in [0.05, 0.1) is 6.04 Å². The lowest BCUT2D eigenvalue weighted by molar-refractivity contribution is -0.130. The first-order chi connectivity index (χ1) is 12.0. The summed E-state index contributed by atoms with van der Waals surface area (Å²) in [5.74, 6) is -0.161. The van der Waals surface area contributed by atoms with Crippen molar-refractivity contribution in [1.29, 1.82) is 0 Å². The van der Waals surface area contributed by atoms with Crippen LogP contribution in [0.2, 0.25) is 5.02 Å². The van der Waals surface area contributed by atoms with Gasteiger partial charge in [0.1, 0.15) is 0 Å². The van der Waals surface area contributed by atoms with Crippen LogP contribution in [0.1, 0.15) is 37.4 Å². The number of nitrogens with zero attached hydrogens (tertiary/aromatic N) is 1. The lowest BCUT2D eigenvalue weighted by Crippen LogP contribution is -2.34. The fourth-order valence-corrected chi connectivity index (χ4v) is 2.75. The smallest absolute Gasteiger partial charge is 0.222 e. The summed E-state index contributed by atoms with van der Waals surface area (Å²) < 4.78 is 0. The van der Waals surface area contributed by atoms with Crippen molar-refractivity contribution in [1.82, 2.24) is 10.2 Å². The second-order valence-corrected chi connectivity index (χ2v) is 6.39. The maximum atomic E-state index is 12.2. The highest BCUT2D eigenvalue weighted by molar-refractivity contribution is 6.31. The fourth-order valence-electron chi connectivity index (χ4n) is 2.56. The summed E-state index contributed by atoms with van der Waals surface area (Å²) in [5, 5.41) is 3.58. The zero-order valence-electron chi connectivity index (χ0n) is 14.5. The van der Waals surface area contributed by atoms with Gasteiger partial charge in [-0.25, -0.2) is 0 Å². The second kappa shape index (κ2) is 9.23. The number of rotatable bonds is 7. The molecule has 2 aromatic carbocycles. The van der Waals surface area contributed by atoms with E-state index < -0.39 is 0 Å². The number of nitrogens with one attached hydrogen (secondary N) is 1. The summed E-state index contributed by atoms with van der Waals surface area (Å²) in [6, 6.07) is 17.1. The molecule has 1 N–H and O–H groups in total.